The average Bonchev–Trinajstić information content (AvgIpc) is 3.46. The number of amides is 1. The minimum absolute atomic E-state index is 0.130. The van der Waals surface area contributed by atoms with E-state index in [4.69, 9.17) is 8.94 Å². The largest absolute Gasteiger partial charge is 0.461 e. The fraction of sp³-hybridized carbons (Fsp3) is 0.409. The summed E-state index contributed by atoms with van der Waals surface area (Å²) >= 11 is 0. The lowest BCUT2D eigenvalue weighted by Gasteiger charge is -2.30. The summed E-state index contributed by atoms with van der Waals surface area (Å²) in [5.41, 5.74) is 2.50. The lowest BCUT2D eigenvalue weighted by molar-refractivity contribution is -0.130. The van der Waals surface area contributed by atoms with Crippen LogP contribution >= 0.6 is 0 Å². The highest BCUT2D eigenvalue weighted by molar-refractivity contribution is 5.74. The highest BCUT2D eigenvalue weighted by Gasteiger charge is 2.48. The molecule has 2 aliphatic heterocycles. The van der Waals surface area contributed by atoms with Crippen LogP contribution in [-0.2, 0) is 11.3 Å². The van der Waals surface area contributed by atoms with Gasteiger partial charge in [-0.2, -0.15) is 4.98 Å². The van der Waals surface area contributed by atoms with Gasteiger partial charge in [-0.3, -0.25) is 9.69 Å². The highest BCUT2D eigenvalue weighted by Crippen LogP contribution is 2.46. The molecule has 7 heteroatoms. The van der Waals surface area contributed by atoms with Gasteiger partial charge in [0.15, 0.2) is 5.76 Å². The molecule has 0 bridgehead atoms. The fourth-order valence-corrected chi connectivity index (χ4v) is 4.92. The van der Waals surface area contributed by atoms with Crippen LogP contribution in [0.5, 0.6) is 0 Å². The van der Waals surface area contributed by atoms with Gasteiger partial charge in [0.2, 0.25) is 17.6 Å². The maximum atomic E-state index is 12.3. The topological polar surface area (TPSA) is 75.6 Å². The van der Waals surface area contributed by atoms with E-state index in [1.807, 2.05) is 6.07 Å². The summed E-state index contributed by atoms with van der Waals surface area (Å²) in [6, 6.07) is 12.2. The van der Waals surface area contributed by atoms with Gasteiger partial charge in [0.05, 0.1) is 18.8 Å². The summed E-state index contributed by atoms with van der Waals surface area (Å²) in [6.45, 7) is 7.06. The van der Waals surface area contributed by atoms with Crippen LogP contribution in [0.4, 0.5) is 0 Å². The van der Waals surface area contributed by atoms with E-state index in [0.29, 0.717) is 35.9 Å². The van der Waals surface area contributed by atoms with E-state index in [-0.39, 0.29) is 11.9 Å². The van der Waals surface area contributed by atoms with Gasteiger partial charge < -0.3 is 13.8 Å². The lowest BCUT2D eigenvalue weighted by atomic mass is 9.87. The summed E-state index contributed by atoms with van der Waals surface area (Å²) in [5.74, 6) is 2.69. The first-order valence-corrected chi connectivity index (χ1v) is 10.0. The number of hydrogen-bond acceptors (Lipinski definition) is 6. The second kappa shape index (κ2) is 7.15. The van der Waals surface area contributed by atoms with Crippen LogP contribution in [-0.4, -0.2) is 45.5 Å². The number of benzene rings is 1. The normalized spacial score (nSPS) is 24.2. The maximum absolute atomic E-state index is 12.3. The molecule has 150 valence electrons. The van der Waals surface area contributed by atoms with Gasteiger partial charge in [-0.1, -0.05) is 29.4 Å². The number of fused-ring (bicyclic) bond motifs is 1. The minimum Gasteiger partial charge on any atom is -0.461 e. The van der Waals surface area contributed by atoms with Crippen molar-refractivity contribution < 1.29 is 13.7 Å². The molecule has 0 saturated carbocycles. The standard InChI is InChI=1S/C22H24N4O3/c1-14-6-3-4-7-17(14)21-18-12-25(10-16(18)11-26(21)15(2)27)13-20-23-22(24-29-20)19-8-5-9-28-19/h3-9,16,18,21H,10-13H2,1-2H3/t16-,18-,21+/m1/s1. The van der Waals surface area contributed by atoms with Gasteiger partial charge in [-0.05, 0) is 36.1 Å². The quantitative estimate of drug-likeness (QED) is 0.678. The zero-order valence-corrected chi connectivity index (χ0v) is 16.6. The third kappa shape index (κ3) is 3.25. The molecule has 4 heterocycles. The molecule has 0 unspecified atom stereocenters. The zero-order chi connectivity index (χ0) is 20.0. The van der Waals surface area contributed by atoms with E-state index in [1.165, 1.54) is 11.1 Å². The molecule has 0 aliphatic carbocycles. The van der Waals surface area contributed by atoms with E-state index in [9.17, 15) is 4.79 Å². The molecule has 0 radical (unpaired) electrons. The Kier molecular flexibility index (Phi) is 4.47. The van der Waals surface area contributed by atoms with Gasteiger partial charge in [0.25, 0.3) is 0 Å². The molecular weight excluding hydrogens is 368 g/mol. The Morgan fingerprint density at radius 2 is 2.03 bits per heavy atom. The maximum Gasteiger partial charge on any atom is 0.241 e. The Hall–Kier alpha value is -2.93. The number of nitrogens with zero attached hydrogens (tertiary/aromatic N) is 4. The number of rotatable bonds is 4. The molecule has 1 amide bonds. The Balaban J connectivity index is 1.34. The van der Waals surface area contributed by atoms with Crippen LogP contribution in [0.1, 0.15) is 30.0 Å². The Morgan fingerprint density at radius 1 is 1.17 bits per heavy atom. The van der Waals surface area contributed by atoms with Gasteiger partial charge in [-0.25, -0.2) is 0 Å². The van der Waals surface area contributed by atoms with Crippen LogP contribution < -0.4 is 0 Å². The van der Waals surface area contributed by atoms with E-state index in [0.717, 1.165) is 19.6 Å². The van der Waals surface area contributed by atoms with Crippen molar-refractivity contribution in [2.45, 2.75) is 26.4 Å². The number of carbonyl (C=O) groups is 1. The van der Waals surface area contributed by atoms with E-state index < -0.39 is 0 Å². The van der Waals surface area contributed by atoms with Crippen LogP contribution in [0.3, 0.4) is 0 Å². The molecule has 7 nitrogen and oxygen atoms in total. The monoisotopic (exact) mass is 392 g/mol. The first-order valence-electron chi connectivity index (χ1n) is 10.0. The van der Waals surface area contributed by atoms with Crippen LogP contribution in [0.25, 0.3) is 11.6 Å². The highest BCUT2D eigenvalue weighted by atomic mass is 16.5. The third-order valence-electron chi connectivity index (χ3n) is 6.22. The molecule has 2 aliphatic rings. The number of furan rings is 1. The minimum atomic E-state index is 0.130. The molecule has 2 saturated heterocycles. The summed E-state index contributed by atoms with van der Waals surface area (Å²) in [5, 5.41) is 4.02. The molecular formula is C22H24N4O3. The summed E-state index contributed by atoms with van der Waals surface area (Å²) in [4.78, 5) is 21.2. The molecule has 0 N–H and O–H groups in total. The second-order valence-corrected chi connectivity index (χ2v) is 8.08. The van der Waals surface area contributed by atoms with Crippen molar-refractivity contribution in [2.75, 3.05) is 19.6 Å². The van der Waals surface area contributed by atoms with Crippen LogP contribution in [0.15, 0.2) is 51.6 Å². The summed E-state index contributed by atoms with van der Waals surface area (Å²) in [7, 11) is 0. The first kappa shape index (κ1) is 18.1. The average molecular weight is 392 g/mol. The number of carbonyl (C=O) groups excluding carboxylic acids is 1. The van der Waals surface area contributed by atoms with Crippen molar-refractivity contribution in [3.8, 4) is 11.6 Å². The van der Waals surface area contributed by atoms with Crippen molar-refractivity contribution in [3.05, 3.63) is 59.7 Å². The molecule has 0 spiro atoms. The van der Waals surface area contributed by atoms with Crippen molar-refractivity contribution >= 4 is 5.91 Å². The van der Waals surface area contributed by atoms with E-state index in [1.54, 1.807) is 19.3 Å². The molecule has 2 aromatic heterocycles. The van der Waals surface area contributed by atoms with Gasteiger partial charge in [0, 0.05) is 32.5 Å². The molecule has 1 aromatic carbocycles. The number of likely N-dealkylation sites (tertiary alicyclic amines) is 2. The molecule has 2 fully saturated rings. The first-order chi connectivity index (χ1) is 14.1. The molecule has 3 aromatic rings. The number of aromatic nitrogens is 2. The van der Waals surface area contributed by atoms with E-state index >= 15 is 0 Å². The predicted octanol–water partition coefficient (Wildman–Crippen LogP) is 3.29. The smallest absolute Gasteiger partial charge is 0.241 e. The van der Waals surface area contributed by atoms with Crippen molar-refractivity contribution in [1.29, 1.82) is 0 Å². The molecule has 5 rings (SSSR count). The zero-order valence-electron chi connectivity index (χ0n) is 16.6. The van der Waals surface area contributed by atoms with Crippen LogP contribution in [0, 0.1) is 18.8 Å². The summed E-state index contributed by atoms with van der Waals surface area (Å²) < 4.78 is 10.8. The number of aryl methyl sites for hydroxylation is 1. The van der Waals surface area contributed by atoms with Gasteiger partial charge >= 0.3 is 0 Å². The fourth-order valence-electron chi connectivity index (χ4n) is 4.92. The third-order valence-corrected chi connectivity index (χ3v) is 6.22. The van der Waals surface area contributed by atoms with Crippen molar-refractivity contribution in [2.24, 2.45) is 11.8 Å². The lowest BCUT2D eigenvalue weighted by Crippen LogP contribution is -2.34. The Labute approximate surface area is 169 Å². The Morgan fingerprint density at radius 3 is 2.79 bits per heavy atom. The summed E-state index contributed by atoms with van der Waals surface area (Å²) in [6.07, 6.45) is 1.60. The second-order valence-electron chi connectivity index (χ2n) is 8.08. The van der Waals surface area contributed by atoms with Crippen LogP contribution in [0.2, 0.25) is 0 Å². The Bertz CT molecular complexity index is 1010. The predicted molar refractivity (Wildman–Crippen MR) is 106 cm³/mol. The van der Waals surface area contributed by atoms with Crippen molar-refractivity contribution in [1.82, 2.24) is 19.9 Å². The molecule has 3 atom stereocenters. The number of hydrogen-bond donors (Lipinski definition) is 0. The van der Waals surface area contributed by atoms with Crippen molar-refractivity contribution in [3.63, 3.8) is 0 Å². The van der Waals surface area contributed by atoms with Gasteiger partial charge in [-0.15, -0.1) is 0 Å². The van der Waals surface area contributed by atoms with Gasteiger partial charge in [0.1, 0.15) is 0 Å². The van der Waals surface area contributed by atoms with E-state index in [2.05, 4.69) is 51.1 Å². The molecule has 29 heavy (non-hydrogen) atoms. The SMILES string of the molecule is CC(=O)N1C[C@H]2CN(Cc3nc(-c4ccco4)no3)C[C@H]2[C@@H]1c1ccccc1C.